The van der Waals surface area contributed by atoms with E-state index >= 15 is 0 Å². The average molecular weight is 495 g/mol. The topological polar surface area (TPSA) is 185 Å². The zero-order valence-electron chi connectivity index (χ0n) is 19.7. The van der Waals surface area contributed by atoms with E-state index in [1.54, 1.807) is 0 Å². The molecule has 2 aliphatic rings. The Balaban J connectivity index is 0.000000279. The molecule has 2 fully saturated rings. The SMILES string of the molecule is C1CCC(NC2CCCCC2)CC1.O=C(O)CC[C@H](Nc1ccc([N+](=O)[O-])cc1[N+](=O)[O-])C(=O)O. The minimum atomic E-state index is -1.39. The fraction of sp³-hybridized carbons (Fsp3) is 0.652. The van der Waals surface area contributed by atoms with E-state index in [-0.39, 0.29) is 12.1 Å². The van der Waals surface area contributed by atoms with E-state index in [2.05, 4.69) is 10.6 Å². The lowest BCUT2D eigenvalue weighted by molar-refractivity contribution is -0.393. The second kappa shape index (κ2) is 14.2. The standard InChI is InChI=1S/C12H23N.C11H11N3O8/c1-3-7-11(8-4-1)13-12-9-5-2-6-10-12;15-10(16)4-3-8(11(17)18)12-7-2-1-6(13(19)20)5-9(7)14(21)22/h11-13H,1-10H2;1-2,5,8,12H,3-4H2,(H,15,16)(H,17,18)/t;8-/m.0/s1. The summed E-state index contributed by atoms with van der Waals surface area (Å²) >= 11 is 0. The van der Waals surface area contributed by atoms with Crippen LogP contribution < -0.4 is 10.6 Å². The largest absolute Gasteiger partial charge is 0.481 e. The molecular formula is C23H34N4O8. The number of aliphatic carboxylic acids is 2. The fourth-order valence-corrected chi connectivity index (χ4v) is 4.49. The molecule has 0 aliphatic heterocycles. The van der Waals surface area contributed by atoms with Gasteiger partial charge in [0.1, 0.15) is 11.7 Å². The summed E-state index contributed by atoms with van der Waals surface area (Å²) in [7, 11) is 0. The number of carbonyl (C=O) groups is 2. The zero-order valence-corrected chi connectivity index (χ0v) is 19.7. The first-order chi connectivity index (χ1) is 16.7. The molecule has 12 nitrogen and oxygen atoms in total. The number of carboxylic acid groups (broad SMARTS) is 2. The summed E-state index contributed by atoms with van der Waals surface area (Å²) in [6.45, 7) is 0. The summed E-state index contributed by atoms with van der Waals surface area (Å²) in [5.41, 5.74) is -1.43. The van der Waals surface area contributed by atoms with Crippen LogP contribution in [-0.2, 0) is 9.59 Å². The molecule has 2 aliphatic carbocycles. The Bertz CT molecular complexity index is 866. The molecule has 2 saturated carbocycles. The van der Waals surface area contributed by atoms with Crippen LogP contribution >= 0.6 is 0 Å². The van der Waals surface area contributed by atoms with Crippen molar-refractivity contribution < 1.29 is 29.6 Å². The predicted molar refractivity (Wildman–Crippen MR) is 129 cm³/mol. The number of nitro groups is 2. The molecule has 1 atom stereocenters. The van der Waals surface area contributed by atoms with Crippen LogP contribution in [0.25, 0.3) is 0 Å². The van der Waals surface area contributed by atoms with Crippen molar-refractivity contribution in [2.45, 2.75) is 95.2 Å². The molecule has 1 aromatic rings. The third kappa shape index (κ3) is 9.85. The van der Waals surface area contributed by atoms with E-state index in [4.69, 9.17) is 10.2 Å². The summed E-state index contributed by atoms with van der Waals surface area (Å²) < 4.78 is 0. The Labute approximate surface area is 203 Å². The number of rotatable bonds is 10. The third-order valence-corrected chi connectivity index (χ3v) is 6.35. The van der Waals surface area contributed by atoms with Gasteiger partial charge in [-0.25, -0.2) is 4.79 Å². The number of benzene rings is 1. The Kier molecular flexibility index (Phi) is 11.3. The lowest BCUT2D eigenvalue weighted by Gasteiger charge is -2.30. The first kappa shape index (κ1) is 28.0. The van der Waals surface area contributed by atoms with Gasteiger partial charge >= 0.3 is 11.9 Å². The maximum atomic E-state index is 11.0. The molecular weight excluding hydrogens is 460 g/mol. The van der Waals surface area contributed by atoms with Gasteiger partial charge in [0, 0.05) is 24.6 Å². The molecule has 0 saturated heterocycles. The predicted octanol–water partition coefficient (Wildman–Crippen LogP) is 4.47. The molecule has 3 rings (SSSR count). The highest BCUT2D eigenvalue weighted by atomic mass is 16.6. The molecule has 0 radical (unpaired) electrons. The second-order valence-corrected chi connectivity index (χ2v) is 9.02. The molecule has 194 valence electrons. The van der Waals surface area contributed by atoms with E-state index in [1.165, 1.54) is 64.2 Å². The highest BCUT2D eigenvalue weighted by Gasteiger charge is 2.25. The Morgan fingerprint density at radius 2 is 1.46 bits per heavy atom. The number of hydrogen-bond acceptors (Lipinski definition) is 8. The van der Waals surface area contributed by atoms with Gasteiger partial charge in [-0.3, -0.25) is 25.0 Å². The first-order valence-corrected chi connectivity index (χ1v) is 12.1. The second-order valence-electron chi connectivity index (χ2n) is 9.02. The van der Waals surface area contributed by atoms with Gasteiger partial charge < -0.3 is 20.8 Å². The van der Waals surface area contributed by atoms with Crippen molar-refractivity contribution in [1.82, 2.24) is 5.32 Å². The van der Waals surface area contributed by atoms with Crippen molar-refractivity contribution in [1.29, 1.82) is 0 Å². The van der Waals surface area contributed by atoms with Crippen molar-refractivity contribution in [3.63, 3.8) is 0 Å². The van der Waals surface area contributed by atoms with E-state index in [0.717, 1.165) is 24.2 Å². The number of nitro benzene ring substituents is 2. The highest BCUT2D eigenvalue weighted by Crippen LogP contribution is 2.30. The summed E-state index contributed by atoms with van der Waals surface area (Å²) in [5, 5.41) is 45.2. The lowest BCUT2D eigenvalue weighted by atomic mass is 9.91. The molecule has 0 bridgehead atoms. The molecule has 0 heterocycles. The number of non-ortho nitro benzene ring substituents is 1. The van der Waals surface area contributed by atoms with Gasteiger partial charge in [-0.2, -0.15) is 0 Å². The third-order valence-electron chi connectivity index (χ3n) is 6.35. The molecule has 0 aromatic heterocycles. The summed E-state index contributed by atoms with van der Waals surface area (Å²) in [6, 6.07) is 3.04. The molecule has 0 amide bonds. The number of anilines is 1. The van der Waals surface area contributed by atoms with Crippen molar-refractivity contribution in [2.75, 3.05) is 5.32 Å². The van der Waals surface area contributed by atoms with Crippen LogP contribution in [0.5, 0.6) is 0 Å². The number of nitrogens with one attached hydrogen (secondary N) is 2. The van der Waals surface area contributed by atoms with Crippen molar-refractivity contribution in [3.8, 4) is 0 Å². The normalized spacial score (nSPS) is 17.5. The van der Waals surface area contributed by atoms with Gasteiger partial charge in [-0.1, -0.05) is 38.5 Å². The summed E-state index contributed by atoms with van der Waals surface area (Å²) in [6.07, 6.45) is 13.8. The van der Waals surface area contributed by atoms with Crippen LogP contribution in [0.2, 0.25) is 0 Å². The van der Waals surface area contributed by atoms with Gasteiger partial charge in [0.05, 0.1) is 15.9 Å². The number of hydrogen-bond donors (Lipinski definition) is 4. The smallest absolute Gasteiger partial charge is 0.326 e. The van der Waals surface area contributed by atoms with Gasteiger partial charge in [0.25, 0.3) is 11.4 Å². The van der Waals surface area contributed by atoms with Crippen LogP contribution in [0.1, 0.15) is 77.0 Å². The van der Waals surface area contributed by atoms with E-state index in [1.807, 2.05) is 0 Å². The maximum absolute atomic E-state index is 11.0. The van der Waals surface area contributed by atoms with E-state index in [9.17, 15) is 29.8 Å². The molecule has 1 aromatic carbocycles. The van der Waals surface area contributed by atoms with Gasteiger partial charge in [-0.05, 0) is 38.2 Å². The van der Waals surface area contributed by atoms with Gasteiger partial charge in [0.2, 0.25) is 0 Å². The molecule has 0 spiro atoms. The Morgan fingerprint density at radius 1 is 0.914 bits per heavy atom. The average Bonchev–Trinajstić information content (AvgIpc) is 2.83. The van der Waals surface area contributed by atoms with E-state index in [0.29, 0.717) is 6.07 Å². The summed E-state index contributed by atoms with van der Waals surface area (Å²) in [5.74, 6) is -2.61. The monoisotopic (exact) mass is 494 g/mol. The number of carboxylic acids is 2. The van der Waals surface area contributed by atoms with Crippen LogP contribution in [-0.4, -0.2) is 50.1 Å². The molecule has 4 N–H and O–H groups in total. The Hall–Kier alpha value is -3.28. The summed E-state index contributed by atoms with van der Waals surface area (Å²) in [4.78, 5) is 41.3. The van der Waals surface area contributed by atoms with Crippen LogP contribution in [0.15, 0.2) is 18.2 Å². The van der Waals surface area contributed by atoms with E-state index < -0.39 is 45.6 Å². The first-order valence-electron chi connectivity index (χ1n) is 12.1. The van der Waals surface area contributed by atoms with Crippen molar-refractivity contribution >= 4 is 29.0 Å². The minimum absolute atomic E-state index is 0.242. The lowest BCUT2D eigenvalue weighted by Crippen LogP contribution is -2.40. The maximum Gasteiger partial charge on any atom is 0.326 e. The van der Waals surface area contributed by atoms with Crippen LogP contribution in [0.3, 0.4) is 0 Å². The number of nitrogens with zero attached hydrogens (tertiary/aromatic N) is 2. The van der Waals surface area contributed by atoms with Crippen molar-refractivity contribution in [3.05, 3.63) is 38.4 Å². The van der Waals surface area contributed by atoms with Crippen LogP contribution in [0.4, 0.5) is 17.1 Å². The molecule has 12 heteroatoms. The fourth-order valence-electron chi connectivity index (χ4n) is 4.49. The quantitative estimate of drug-likeness (QED) is 0.267. The van der Waals surface area contributed by atoms with Crippen LogP contribution in [0, 0.1) is 20.2 Å². The Morgan fingerprint density at radius 3 is 1.89 bits per heavy atom. The highest BCUT2D eigenvalue weighted by molar-refractivity contribution is 5.80. The minimum Gasteiger partial charge on any atom is -0.481 e. The van der Waals surface area contributed by atoms with Gasteiger partial charge in [0.15, 0.2) is 0 Å². The van der Waals surface area contributed by atoms with Gasteiger partial charge in [-0.15, -0.1) is 0 Å². The van der Waals surface area contributed by atoms with Crippen molar-refractivity contribution in [2.24, 2.45) is 0 Å². The zero-order chi connectivity index (χ0) is 25.8. The molecule has 35 heavy (non-hydrogen) atoms. The molecule has 0 unspecified atom stereocenters.